The van der Waals surface area contributed by atoms with Gasteiger partial charge >= 0.3 is 23.9 Å². The lowest BCUT2D eigenvalue weighted by Gasteiger charge is -2.25. The van der Waals surface area contributed by atoms with Gasteiger partial charge in [0.25, 0.3) is 0 Å². The van der Waals surface area contributed by atoms with E-state index in [0.717, 1.165) is 51.4 Å². The van der Waals surface area contributed by atoms with Gasteiger partial charge in [0.2, 0.25) is 5.60 Å². The van der Waals surface area contributed by atoms with Crippen LogP contribution in [-0.2, 0) is 38.1 Å². The van der Waals surface area contributed by atoms with E-state index in [9.17, 15) is 19.2 Å². The van der Waals surface area contributed by atoms with Crippen molar-refractivity contribution in [2.45, 2.75) is 122 Å². The van der Waals surface area contributed by atoms with E-state index in [1.807, 2.05) is 0 Å². The van der Waals surface area contributed by atoms with E-state index in [4.69, 9.17) is 18.9 Å². The maximum atomic E-state index is 12.7. The zero-order valence-electron chi connectivity index (χ0n) is 20.9. The lowest BCUT2D eigenvalue weighted by Crippen LogP contribution is -2.40. The van der Waals surface area contributed by atoms with E-state index in [0.29, 0.717) is 19.3 Å². The Bertz CT molecular complexity index is 676. The van der Waals surface area contributed by atoms with Gasteiger partial charge in [0.05, 0.1) is 0 Å². The van der Waals surface area contributed by atoms with E-state index in [-0.39, 0.29) is 25.7 Å². The molecule has 0 aromatic heterocycles. The summed E-state index contributed by atoms with van der Waals surface area (Å²) in [7, 11) is 0. The van der Waals surface area contributed by atoms with Crippen molar-refractivity contribution >= 4 is 23.9 Å². The monoisotopic (exact) mass is 482 g/mol. The number of ether oxygens (including phenoxy) is 4. The molecular formula is C26H42O8. The molecule has 34 heavy (non-hydrogen) atoms. The van der Waals surface area contributed by atoms with Crippen LogP contribution in [0.2, 0.25) is 0 Å². The Kier molecular flexibility index (Phi) is 12.4. The summed E-state index contributed by atoms with van der Waals surface area (Å²) in [5, 5.41) is 0. The Morgan fingerprint density at radius 3 is 2.21 bits per heavy atom. The number of rotatable bonds is 17. The SMILES string of the molecule is CCCCCCCC1CC(C(=O)OCCOC(=O)C2(CCCCCCC)CCC(=O)O2)C(=O)O1. The lowest BCUT2D eigenvalue weighted by molar-refractivity contribution is -0.177. The summed E-state index contributed by atoms with van der Waals surface area (Å²) >= 11 is 0. The molecule has 3 unspecified atom stereocenters. The Hall–Kier alpha value is -2.12. The van der Waals surface area contributed by atoms with Gasteiger partial charge in [0, 0.05) is 19.3 Å². The van der Waals surface area contributed by atoms with Gasteiger partial charge < -0.3 is 18.9 Å². The summed E-state index contributed by atoms with van der Waals surface area (Å²) < 4.78 is 21.2. The van der Waals surface area contributed by atoms with Crippen LogP contribution in [0.3, 0.4) is 0 Å². The third-order valence-electron chi connectivity index (χ3n) is 6.64. The molecule has 0 bridgehead atoms. The normalized spacial score (nSPS) is 24.1. The molecule has 0 saturated carbocycles. The summed E-state index contributed by atoms with van der Waals surface area (Å²) in [4.78, 5) is 48.7. The highest BCUT2D eigenvalue weighted by atomic mass is 16.6. The zero-order valence-corrected chi connectivity index (χ0v) is 20.9. The number of carbonyl (C=O) groups excluding carboxylic acids is 4. The molecular weight excluding hydrogens is 440 g/mol. The molecule has 0 aromatic rings. The standard InChI is InChI=1S/C26H42O8/c1-3-5-7-9-11-13-20-19-21(24(29)33-20)23(28)31-17-18-32-25(30)26(16-14-22(27)34-26)15-12-10-8-6-4-2/h20-21H,3-19H2,1-2H3. The van der Waals surface area contributed by atoms with Gasteiger partial charge in [-0.3, -0.25) is 14.4 Å². The average Bonchev–Trinajstić information content (AvgIpc) is 3.39. The molecule has 8 heteroatoms. The summed E-state index contributed by atoms with van der Waals surface area (Å²) in [6.07, 6.45) is 12.5. The van der Waals surface area contributed by atoms with Crippen molar-refractivity contribution in [3.63, 3.8) is 0 Å². The predicted octanol–water partition coefficient (Wildman–Crippen LogP) is 4.80. The summed E-state index contributed by atoms with van der Waals surface area (Å²) in [6.45, 7) is 3.99. The Labute approximate surface area is 203 Å². The zero-order chi connectivity index (χ0) is 24.8. The highest BCUT2D eigenvalue weighted by Crippen LogP contribution is 2.33. The maximum absolute atomic E-state index is 12.7. The number of cyclic esters (lactones) is 2. The van der Waals surface area contributed by atoms with E-state index < -0.39 is 35.4 Å². The second kappa shape index (κ2) is 15.0. The third kappa shape index (κ3) is 8.91. The first kappa shape index (κ1) is 28.1. The van der Waals surface area contributed by atoms with Gasteiger partial charge in [-0.1, -0.05) is 65.2 Å². The second-order valence-corrected chi connectivity index (χ2v) is 9.49. The maximum Gasteiger partial charge on any atom is 0.350 e. The van der Waals surface area contributed by atoms with Crippen molar-refractivity contribution in [2.24, 2.45) is 5.92 Å². The smallest absolute Gasteiger partial charge is 0.350 e. The fraction of sp³-hybridized carbons (Fsp3) is 0.846. The number of hydrogen-bond donors (Lipinski definition) is 0. The molecule has 2 saturated heterocycles. The van der Waals surface area contributed by atoms with Crippen molar-refractivity contribution < 1.29 is 38.1 Å². The minimum absolute atomic E-state index is 0.150. The van der Waals surface area contributed by atoms with E-state index in [2.05, 4.69) is 13.8 Å². The molecule has 0 N–H and O–H groups in total. The Morgan fingerprint density at radius 1 is 0.912 bits per heavy atom. The van der Waals surface area contributed by atoms with Gasteiger partial charge in [-0.05, 0) is 25.7 Å². The molecule has 0 aromatic carbocycles. The molecule has 0 radical (unpaired) electrons. The first-order valence-electron chi connectivity index (χ1n) is 13.2. The Morgan fingerprint density at radius 2 is 1.56 bits per heavy atom. The molecule has 2 fully saturated rings. The largest absolute Gasteiger partial charge is 0.462 e. The van der Waals surface area contributed by atoms with Crippen molar-refractivity contribution in [3.8, 4) is 0 Å². The van der Waals surface area contributed by atoms with Gasteiger partial charge in [-0.25, -0.2) is 4.79 Å². The summed E-state index contributed by atoms with van der Waals surface area (Å²) in [5.74, 6) is -3.08. The molecule has 0 spiro atoms. The fourth-order valence-electron chi connectivity index (χ4n) is 4.57. The van der Waals surface area contributed by atoms with Crippen LogP contribution in [0, 0.1) is 5.92 Å². The van der Waals surface area contributed by atoms with Crippen molar-refractivity contribution in [1.29, 1.82) is 0 Å². The molecule has 3 atom stereocenters. The molecule has 2 heterocycles. The number of hydrogen-bond acceptors (Lipinski definition) is 8. The third-order valence-corrected chi connectivity index (χ3v) is 6.64. The Balaban J connectivity index is 1.68. The first-order chi connectivity index (χ1) is 16.4. The first-order valence-corrected chi connectivity index (χ1v) is 13.2. The molecule has 8 nitrogen and oxygen atoms in total. The van der Waals surface area contributed by atoms with Gasteiger partial charge in [-0.2, -0.15) is 0 Å². The quantitative estimate of drug-likeness (QED) is 0.126. The minimum Gasteiger partial charge on any atom is -0.462 e. The van der Waals surface area contributed by atoms with Crippen molar-refractivity contribution in [2.75, 3.05) is 13.2 Å². The van der Waals surface area contributed by atoms with Crippen molar-refractivity contribution in [1.82, 2.24) is 0 Å². The van der Waals surface area contributed by atoms with Gasteiger partial charge in [-0.15, -0.1) is 0 Å². The van der Waals surface area contributed by atoms with Crippen LogP contribution in [0.15, 0.2) is 0 Å². The second-order valence-electron chi connectivity index (χ2n) is 9.49. The van der Waals surface area contributed by atoms with Crippen LogP contribution in [0.25, 0.3) is 0 Å². The van der Waals surface area contributed by atoms with Crippen LogP contribution in [0.4, 0.5) is 0 Å². The molecule has 2 rings (SSSR count). The molecule has 0 amide bonds. The summed E-state index contributed by atoms with van der Waals surface area (Å²) in [5.41, 5.74) is -1.23. The molecule has 2 aliphatic rings. The van der Waals surface area contributed by atoms with Crippen LogP contribution < -0.4 is 0 Å². The van der Waals surface area contributed by atoms with E-state index in [1.54, 1.807) is 0 Å². The van der Waals surface area contributed by atoms with Gasteiger partial charge in [0.1, 0.15) is 19.3 Å². The highest BCUT2D eigenvalue weighted by molar-refractivity contribution is 5.96. The van der Waals surface area contributed by atoms with Gasteiger partial charge in [0.15, 0.2) is 5.92 Å². The van der Waals surface area contributed by atoms with Crippen LogP contribution in [-0.4, -0.2) is 48.8 Å². The summed E-state index contributed by atoms with van der Waals surface area (Å²) in [6, 6.07) is 0. The van der Waals surface area contributed by atoms with E-state index >= 15 is 0 Å². The topological polar surface area (TPSA) is 105 Å². The number of esters is 4. The van der Waals surface area contributed by atoms with E-state index in [1.165, 1.54) is 19.3 Å². The number of carbonyl (C=O) groups is 4. The predicted molar refractivity (Wildman–Crippen MR) is 125 cm³/mol. The van der Waals surface area contributed by atoms with Crippen LogP contribution >= 0.6 is 0 Å². The molecule has 194 valence electrons. The fourth-order valence-corrected chi connectivity index (χ4v) is 4.57. The molecule has 0 aliphatic carbocycles. The van der Waals surface area contributed by atoms with Crippen LogP contribution in [0.1, 0.15) is 110 Å². The van der Waals surface area contributed by atoms with Crippen LogP contribution in [0.5, 0.6) is 0 Å². The lowest BCUT2D eigenvalue weighted by atomic mass is 9.92. The molecule has 2 aliphatic heterocycles. The average molecular weight is 483 g/mol. The highest BCUT2D eigenvalue weighted by Gasteiger charge is 2.48. The van der Waals surface area contributed by atoms with Crippen molar-refractivity contribution in [3.05, 3.63) is 0 Å². The number of unbranched alkanes of at least 4 members (excludes halogenated alkanes) is 8. The minimum atomic E-state index is -1.23.